The van der Waals surface area contributed by atoms with E-state index in [1.54, 1.807) is 11.8 Å². The monoisotopic (exact) mass is 270 g/mol. The number of hydrogen-bond acceptors (Lipinski definition) is 3. The van der Waals surface area contributed by atoms with Crippen molar-refractivity contribution in [1.82, 2.24) is 10.2 Å². The molecule has 104 valence electrons. The molecule has 1 aliphatic heterocycles. The van der Waals surface area contributed by atoms with Gasteiger partial charge in [0.05, 0.1) is 0 Å². The number of carboxylic acid groups (broad SMARTS) is 1. The molecule has 2 N–H and O–H groups in total. The number of carbonyl (C=O) groups is 1. The van der Waals surface area contributed by atoms with Gasteiger partial charge in [-0.25, -0.2) is 8.78 Å². The standard InChI is InChI=1S/C13H16F2N2O2/c1-8(12-9(14)3-2-4-10(12)15)17-6-5-16-7-11(17)13(18)19/h2-4,8,11,16H,5-7H2,1H3,(H,18,19). The van der Waals surface area contributed by atoms with Crippen LogP contribution in [0.4, 0.5) is 8.78 Å². The Bertz CT molecular complexity index is 461. The highest BCUT2D eigenvalue weighted by Crippen LogP contribution is 2.27. The van der Waals surface area contributed by atoms with Crippen LogP contribution in [-0.2, 0) is 4.79 Å². The fraction of sp³-hybridized carbons (Fsp3) is 0.462. The van der Waals surface area contributed by atoms with Crippen molar-refractivity contribution in [2.45, 2.75) is 19.0 Å². The average Bonchev–Trinajstić information content (AvgIpc) is 2.38. The van der Waals surface area contributed by atoms with Crippen LogP contribution in [0.5, 0.6) is 0 Å². The van der Waals surface area contributed by atoms with Crippen LogP contribution in [0.1, 0.15) is 18.5 Å². The summed E-state index contributed by atoms with van der Waals surface area (Å²) in [5.74, 6) is -2.28. The third kappa shape index (κ3) is 2.74. The zero-order valence-corrected chi connectivity index (χ0v) is 10.6. The Morgan fingerprint density at radius 2 is 2.11 bits per heavy atom. The molecule has 1 saturated heterocycles. The summed E-state index contributed by atoms with van der Waals surface area (Å²) in [5.41, 5.74) is -0.0735. The fourth-order valence-corrected chi connectivity index (χ4v) is 2.49. The van der Waals surface area contributed by atoms with Crippen LogP contribution in [0.2, 0.25) is 0 Å². The normalized spacial score (nSPS) is 22.2. The summed E-state index contributed by atoms with van der Waals surface area (Å²) in [4.78, 5) is 12.8. The minimum absolute atomic E-state index is 0.0735. The van der Waals surface area contributed by atoms with E-state index in [0.717, 1.165) is 0 Å². The van der Waals surface area contributed by atoms with Crippen molar-refractivity contribution in [2.24, 2.45) is 0 Å². The van der Waals surface area contributed by atoms with Gasteiger partial charge in [0.15, 0.2) is 0 Å². The van der Waals surface area contributed by atoms with Crippen LogP contribution in [0, 0.1) is 11.6 Å². The Balaban J connectivity index is 2.31. The molecule has 2 rings (SSSR count). The van der Waals surface area contributed by atoms with Gasteiger partial charge in [0, 0.05) is 31.2 Å². The van der Waals surface area contributed by atoms with Crippen LogP contribution in [0.25, 0.3) is 0 Å². The van der Waals surface area contributed by atoms with Gasteiger partial charge < -0.3 is 10.4 Å². The highest BCUT2D eigenvalue weighted by molar-refractivity contribution is 5.74. The SMILES string of the molecule is CC(c1c(F)cccc1F)N1CCNCC1C(=O)O. The molecule has 0 bridgehead atoms. The summed E-state index contributed by atoms with van der Waals surface area (Å²) in [6.07, 6.45) is 0. The molecule has 0 spiro atoms. The molecule has 6 heteroatoms. The maximum absolute atomic E-state index is 13.8. The van der Waals surface area contributed by atoms with Crippen molar-refractivity contribution in [3.8, 4) is 0 Å². The van der Waals surface area contributed by atoms with Crippen molar-refractivity contribution in [3.63, 3.8) is 0 Å². The first-order chi connectivity index (χ1) is 9.02. The number of nitrogens with one attached hydrogen (secondary N) is 1. The number of piperazine rings is 1. The van der Waals surface area contributed by atoms with E-state index in [-0.39, 0.29) is 12.1 Å². The first-order valence-corrected chi connectivity index (χ1v) is 6.15. The van der Waals surface area contributed by atoms with Crippen LogP contribution < -0.4 is 5.32 Å². The van der Waals surface area contributed by atoms with Crippen molar-refractivity contribution in [1.29, 1.82) is 0 Å². The van der Waals surface area contributed by atoms with Crippen molar-refractivity contribution in [3.05, 3.63) is 35.4 Å². The molecule has 0 radical (unpaired) electrons. The average molecular weight is 270 g/mol. The minimum atomic E-state index is -0.990. The van der Waals surface area contributed by atoms with Crippen LogP contribution in [0.15, 0.2) is 18.2 Å². The summed E-state index contributed by atoms with van der Waals surface area (Å²) in [6, 6.07) is 2.28. The smallest absolute Gasteiger partial charge is 0.322 e. The van der Waals surface area contributed by atoms with E-state index in [2.05, 4.69) is 5.32 Å². The van der Waals surface area contributed by atoms with E-state index < -0.39 is 29.7 Å². The highest BCUT2D eigenvalue weighted by atomic mass is 19.1. The Morgan fingerprint density at radius 3 is 2.68 bits per heavy atom. The molecule has 1 aromatic rings. The Hall–Kier alpha value is -1.53. The molecule has 0 aliphatic carbocycles. The zero-order chi connectivity index (χ0) is 14.0. The molecule has 4 nitrogen and oxygen atoms in total. The summed E-state index contributed by atoms with van der Waals surface area (Å²) < 4.78 is 27.5. The molecule has 0 saturated carbocycles. The van der Waals surface area contributed by atoms with E-state index in [0.29, 0.717) is 13.1 Å². The van der Waals surface area contributed by atoms with E-state index in [9.17, 15) is 18.7 Å². The van der Waals surface area contributed by atoms with Gasteiger partial charge in [0.25, 0.3) is 0 Å². The molecule has 1 aliphatic rings. The van der Waals surface area contributed by atoms with E-state index in [4.69, 9.17) is 0 Å². The second-order valence-corrected chi connectivity index (χ2v) is 4.61. The van der Waals surface area contributed by atoms with Crippen molar-refractivity contribution in [2.75, 3.05) is 19.6 Å². The maximum atomic E-state index is 13.8. The van der Waals surface area contributed by atoms with E-state index in [1.165, 1.54) is 18.2 Å². The summed E-state index contributed by atoms with van der Waals surface area (Å²) in [6.45, 7) is 2.94. The minimum Gasteiger partial charge on any atom is -0.480 e. The number of aliphatic carboxylic acids is 1. The molecule has 1 heterocycles. The van der Waals surface area contributed by atoms with Gasteiger partial charge in [0.2, 0.25) is 0 Å². The second kappa shape index (κ2) is 5.63. The van der Waals surface area contributed by atoms with Gasteiger partial charge in [-0.3, -0.25) is 9.69 Å². The maximum Gasteiger partial charge on any atom is 0.322 e. The Labute approximate surface area is 110 Å². The molecule has 19 heavy (non-hydrogen) atoms. The first kappa shape index (κ1) is 13.9. The zero-order valence-electron chi connectivity index (χ0n) is 10.6. The molecule has 0 amide bonds. The van der Waals surface area contributed by atoms with Gasteiger partial charge in [-0.05, 0) is 19.1 Å². The molecule has 2 atom stereocenters. The third-order valence-corrected chi connectivity index (χ3v) is 3.48. The van der Waals surface area contributed by atoms with Gasteiger partial charge in [-0.2, -0.15) is 0 Å². The lowest BCUT2D eigenvalue weighted by atomic mass is 10.0. The van der Waals surface area contributed by atoms with Crippen molar-refractivity contribution < 1.29 is 18.7 Å². The number of hydrogen-bond donors (Lipinski definition) is 2. The topological polar surface area (TPSA) is 52.6 Å². The summed E-state index contributed by atoms with van der Waals surface area (Å²) >= 11 is 0. The molecular weight excluding hydrogens is 254 g/mol. The van der Waals surface area contributed by atoms with Crippen LogP contribution >= 0.6 is 0 Å². The van der Waals surface area contributed by atoms with Gasteiger partial charge >= 0.3 is 5.97 Å². The molecule has 2 unspecified atom stereocenters. The number of nitrogens with zero attached hydrogens (tertiary/aromatic N) is 1. The predicted octanol–water partition coefficient (Wildman–Crippen LogP) is 1.38. The highest BCUT2D eigenvalue weighted by Gasteiger charge is 2.34. The Morgan fingerprint density at radius 1 is 1.47 bits per heavy atom. The largest absolute Gasteiger partial charge is 0.480 e. The number of benzene rings is 1. The summed E-state index contributed by atoms with van der Waals surface area (Å²) in [7, 11) is 0. The van der Waals surface area contributed by atoms with Gasteiger partial charge in [0.1, 0.15) is 17.7 Å². The Kier molecular flexibility index (Phi) is 4.11. The lowest BCUT2D eigenvalue weighted by Gasteiger charge is -2.38. The van der Waals surface area contributed by atoms with Gasteiger partial charge in [-0.1, -0.05) is 6.07 Å². The lowest BCUT2D eigenvalue weighted by molar-refractivity contribution is -0.145. The van der Waals surface area contributed by atoms with Crippen molar-refractivity contribution >= 4 is 5.97 Å². The van der Waals surface area contributed by atoms with Gasteiger partial charge in [-0.15, -0.1) is 0 Å². The first-order valence-electron chi connectivity index (χ1n) is 6.15. The van der Waals surface area contributed by atoms with Crippen LogP contribution in [0.3, 0.4) is 0 Å². The number of halogens is 2. The summed E-state index contributed by atoms with van der Waals surface area (Å²) in [5, 5.41) is 12.1. The molecular formula is C13H16F2N2O2. The van der Waals surface area contributed by atoms with Crippen LogP contribution in [-0.4, -0.2) is 41.7 Å². The number of carboxylic acids is 1. The third-order valence-electron chi connectivity index (χ3n) is 3.48. The number of rotatable bonds is 3. The molecule has 0 aromatic heterocycles. The lowest BCUT2D eigenvalue weighted by Crippen LogP contribution is -2.55. The fourth-order valence-electron chi connectivity index (χ4n) is 2.49. The second-order valence-electron chi connectivity index (χ2n) is 4.61. The molecule has 1 aromatic carbocycles. The molecule has 1 fully saturated rings. The predicted molar refractivity (Wildman–Crippen MR) is 65.8 cm³/mol. The van der Waals surface area contributed by atoms with E-state index >= 15 is 0 Å². The quantitative estimate of drug-likeness (QED) is 0.871. The van der Waals surface area contributed by atoms with E-state index in [1.807, 2.05) is 0 Å².